The molecule has 11 heteroatoms. The lowest BCUT2D eigenvalue weighted by Gasteiger charge is -2.35. The van der Waals surface area contributed by atoms with Gasteiger partial charge in [0, 0.05) is 62.8 Å². The third-order valence-corrected chi connectivity index (χ3v) is 7.16. The first kappa shape index (κ1) is 26.4. The minimum Gasteiger partial charge on any atom is -0.493 e. The zero-order chi connectivity index (χ0) is 26.5. The molecule has 202 valence electrons. The smallest absolute Gasteiger partial charge is 0.306 e. The predicted octanol–water partition coefficient (Wildman–Crippen LogP) is 4.27. The van der Waals surface area contributed by atoms with Gasteiger partial charge in [0.05, 0.1) is 24.3 Å². The van der Waals surface area contributed by atoms with E-state index in [1.165, 1.54) is 18.5 Å². The molecule has 3 heterocycles. The molecule has 0 amide bonds. The Bertz CT molecular complexity index is 1290. The van der Waals surface area contributed by atoms with E-state index in [4.69, 9.17) is 25.8 Å². The van der Waals surface area contributed by atoms with Crippen molar-refractivity contribution in [3.05, 3.63) is 47.5 Å². The summed E-state index contributed by atoms with van der Waals surface area (Å²) in [6.45, 7) is 6.22. The zero-order valence-electron chi connectivity index (χ0n) is 21.3. The van der Waals surface area contributed by atoms with E-state index < -0.39 is 5.82 Å². The Balaban J connectivity index is 1.15. The number of esters is 1. The molecule has 1 N–H and O–H groups in total. The zero-order valence-corrected chi connectivity index (χ0v) is 22.0. The van der Waals surface area contributed by atoms with Crippen molar-refractivity contribution in [1.29, 1.82) is 0 Å². The predicted molar refractivity (Wildman–Crippen MR) is 143 cm³/mol. The second-order valence-electron chi connectivity index (χ2n) is 9.49. The first-order valence-corrected chi connectivity index (χ1v) is 13.2. The molecule has 2 fully saturated rings. The number of piperazine rings is 1. The summed E-state index contributed by atoms with van der Waals surface area (Å²) < 4.78 is 30.6. The van der Waals surface area contributed by atoms with Crippen molar-refractivity contribution in [1.82, 2.24) is 19.8 Å². The van der Waals surface area contributed by atoms with Crippen LogP contribution < -0.4 is 14.8 Å². The number of hydrogen-bond acceptors (Lipinski definition) is 9. The Morgan fingerprint density at radius 3 is 2.68 bits per heavy atom. The van der Waals surface area contributed by atoms with E-state index in [2.05, 4.69) is 25.1 Å². The lowest BCUT2D eigenvalue weighted by molar-refractivity contribution is -0.142. The quantitative estimate of drug-likeness (QED) is 0.297. The highest BCUT2D eigenvalue weighted by atomic mass is 35.5. The molecule has 1 atom stereocenters. The molecule has 2 aliphatic rings. The van der Waals surface area contributed by atoms with Gasteiger partial charge in [-0.15, -0.1) is 0 Å². The van der Waals surface area contributed by atoms with E-state index in [1.807, 2.05) is 12.1 Å². The molecule has 2 saturated heterocycles. The fraction of sp³-hybridized carbons (Fsp3) is 0.444. The van der Waals surface area contributed by atoms with E-state index >= 15 is 0 Å². The van der Waals surface area contributed by atoms with Crippen LogP contribution in [-0.2, 0) is 9.53 Å². The summed E-state index contributed by atoms with van der Waals surface area (Å²) in [5, 5.41) is 3.96. The van der Waals surface area contributed by atoms with Crippen molar-refractivity contribution < 1.29 is 23.4 Å². The maximum absolute atomic E-state index is 13.6. The number of nitrogens with one attached hydrogen (secondary N) is 1. The van der Waals surface area contributed by atoms with Crippen molar-refractivity contribution in [2.24, 2.45) is 0 Å². The molecule has 2 aliphatic heterocycles. The van der Waals surface area contributed by atoms with Crippen LogP contribution in [0.1, 0.15) is 19.3 Å². The Hall–Kier alpha value is -3.21. The van der Waals surface area contributed by atoms with Gasteiger partial charge in [0.25, 0.3) is 0 Å². The van der Waals surface area contributed by atoms with Gasteiger partial charge in [-0.05, 0) is 37.1 Å². The van der Waals surface area contributed by atoms with E-state index in [0.29, 0.717) is 41.5 Å². The molecule has 9 nitrogen and oxygen atoms in total. The molecule has 1 aromatic heterocycles. The largest absolute Gasteiger partial charge is 0.493 e. The standard InChI is InChI=1S/C27H31ClFN5O4/c1-36-24-15-23-20(27(31-17-30-23)32-18-3-5-22(29)21(28)13-18)14-25(24)37-12-2-7-33-8-10-34(11-9-33)16-19-4-6-26(35)38-19/h3,5,13-15,17,19H,2,4,6-12,16H2,1H3,(H,30,31,32). The lowest BCUT2D eigenvalue weighted by atomic mass is 10.2. The molecule has 1 unspecified atom stereocenters. The number of carbonyl (C=O) groups is 1. The Labute approximate surface area is 225 Å². The molecule has 0 saturated carbocycles. The van der Waals surface area contributed by atoms with Crippen LogP contribution in [0.2, 0.25) is 5.02 Å². The Morgan fingerprint density at radius 2 is 1.95 bits per heavy atom. The Morgan fingerprint density at radius 1 is 1.13 bits per heavy atom. The van der Waals surface area contributed by atoms with E-state index in [-0.39, 0.29) is 17.1 Å². The number of halogens is 2. The van der Waals surface area contributed by atoms with E-state index in [0.717, 1.165) is 57.5 Å². The molecule has 38 heavy (non-hydrogen) atoms. The van der Waals surface area contributed by atoms with Gasteiger partial charge in [-0.25, -0.2) is 14.4 Å². The first-order valence-electron chi connectivity index (χ1n) is 12.8. The number of aromatic nitrogens is 2. The SMILES string of the molecule is COc1cc2ncnc(Nc3ccc(F)c(Cl)c3)c2cc1OCCCN1CCN(CC2CCC(=O)O2)CC1. The summed E-state index contributed by atoms with van der Waals surface area (Å²) in [7, 11) is 1.60. The average Bonchev–Trinajstić information content (AvgIpc) is 3.33. The summed E-state index contributed by atoms with van der Waals surface area (Å²) in [5.41, 5.74) is 1.30. The van der Waals surface area contributed by atoms with Gasteiger partial charge in [-0.3, -0.25) is 9.69 Å². The van der Waals surface area contributed by atoms with Gasteiger partial charge in [0.2, 0.25) is 0 Å². The molecule has 2 aromatic carbocycles. The molecule has 0 bridgehead atoms. The number of anilines is 2. The number of ether oxygens (including phenoxy) is 3. The van der Waals surface area contributed by atoms with Crippen LogP contribution in [0, 0.1) is 5.82 Å². The third-order valence-electron chi connectivity index (χ3n) is 6.87. The van der Waals surface area contributed by atoms with Crippen molar-refractivity contribution in [2.45, 2.75) is 25.4 Å². The summed E-state index contributed by atoms with van der Waals surface area (Å²) >= 11 is 5.93. The van der Waals surface area contributed by atoms with E-state index in [1.54, 1.807) is 13.2 Å². The molecule has 0 aliphatic carbocycles. The van der Waals surface area contributed by atoms with Gasteiger partial charge in [0.1, 0.15) is 24.1 Å². The number of fused-ring (bicyclic) bond motifs is 1. The highest BCUT2D eigenvalue weighted by Crippen LogP contribution is 2.35. The fourth-order valence-electron chi connectivity index (χ4n) is 4.81. The minimum atomic E-state index is -0.483. The number of methoxy groups -OCH3 is 1. The van der Waals surface area contributed by atoms with Gasteiger partial charge in [-0.1, -0.05) is 11.6 Å². The van der Waals surface area contributed by atoms with Crippen LogP contribution in [0.4, 0.5) is 15.9 Å². The Kier molecular flexibility index (Phi) is 8.41. The van der Waals surface area contributed by atoms with Crippen LogP contribution in [0.15, 0.2) is 36.7 Å². The molecule has 5 rings (SSSR count). The van der Waals surface area contributed by atoms with Crippen molar-refractivity contribution in [2.75, 3.05) is 58.3 Å². The number of nitrogens with zero attached hydrogens (tertiary/aromatic N) is 4. The summed E-state index contributed by atoms with van der Waals surface area (Å²) in [6.07, 6.45) is 3.75. The van der Waals surface area contributed by atoms with Crippen molar-refractivity contribution in [3.63, 3.8) is 0 Å². The molecule has 0 spiro atoms. The maximum atomic E-state index is 13.6. The van der Waals surface area contributed by atoms with Crippen LogP contribution in [0.3, 0.4) is 0 Å². The number of cyclic esters (lactones) is 1. The summed E-state index contributed by atoms with van der Waals surface area (Å²) in [4.78, 5) is 24.8. The fourth-order valence-corrected chi connectivity index (χ4v) is 4.99. The maximum Gasteiger partial charge on any atom is 0.306 e. The first-order chi connectivity index (χ1) is 18.5. The van der Waals surface area contributed by atoms with Crippen LogP contribution in [0.5, 0.6) is 11.5 Å². The summed E-state index contributed by atoms with van der Waals surface area (Å²) in [6, 6.07) is 8.08. The number of hydrogen-bond donors (Lipinski definition) is 1. The normalized spacial score (nSPS) is 18.5. The number of carbonyl (C=O) groups excluding carboxylic acids is 1. The van der Waals surface area contributed by atoms with Gasteiger partial charge < -0.3 is 24.4 Å². The van der Waals surface area contributed by atoms with Crippen LogP contribution in [-0.4, -0.2) is 84.8 Å². The molecular formula is C27H31ClFN5O4. The summed E-state index contributed by atoms with van der Waals surface area (Å²) in [5.74, 6) is 1.19. The van der Waals surface area contributed by atoms with E-state index in [9.17, 15) is 9.18 Å². The van der Waals surface area contributed by atoms with Crippen molar-refractivity contribution in [3.8, 4) is 11.5 Å². The molecule has 0 radical (unpaired) electrons. The van der Waals surface area contributed by atoms with Gasteiger partial charge in [-0.2, -0.15) is 0 Å². The topological polar surface area (TPSA) is 89.1 Å². The molecule has 3 aromatic rings. The average molecular weight is 544 g/mol. The van der Waals surface area contributed by atoms with Gasteiger partial charge in [0.15, 0.2) is 11.5 Å². The monoisotopic (exact) mass is 543 g/mol. The number of rotatable bonds is 10. The number of benzene rings is 2. The highest BCUT2D eigenvalue weighted by Gasteiger charge is 2.27. The molecular weight excluding hydrogens is 513 g/mol. The van der Waals surface area contributed by atoms with Crippen LogP contribution >= 0.6 is 11.6 Å². The lowest BCUT2D eigenvalue weighted by Crippen LogP contribution is -2.48. The third kappa shape index (κ3) is 6.43. The second-order valence-corrected chi connectivity index (χ2v) is 9.90. The highest BCUT2D eigenvalue weighted by molar-refractivity contribution is 6.31. The second kappa shape index (κ2) is 12.1. The minimum absolute atomic E-state index is 0.0276. The van der Waals surface area contributed by atoms with Crippen molar-refractivity contribution >= 4 is 40.0 Å². The van der Waals surface area contributed by atoms with Gasteiger partial charge >= 0.3 is 5.97 Å². The van der Waals surface area contributed by atoms with Crippen LogP contribution in [0.25, 0.3) is 10.9 Å².